The lowest BCUT2D eigenvalue weighted by Gasteiger charge is -2.33. The molecule has 3 saturated heterocycles. The fourth-order valence-corrected chi connectivity index (χ4v) is 6.00. The van der Waals surface area contributed by atoms with Gasteiger partial charge in [0.25, 0.3) is 0 Å². The smallest absolute Gasteiger partial charge is 0.250 e. The Hall–Kier alpha value is -2.65. The molecule has 0 radical (unpaired) electrons. The number of nitrogens with one attached hydrogen (secondary N) is 2. The van der Waals surface area contributed by atoms with Gasteiger partial charge in [0.15, 0.2) is 0 Å². The minimum absolute atomic E-state index is 0.00985. The van der Waals surface area contributed by atoms with E-state index in [-0.39, 0.29) is 24.3 Å². The van der Waals surface area contributed by atoms with Gasteiger partial charge in [-0.15, -0.1) is 0 Å². The number of nitrogens with zero attached hydrogens (tertiary/aromatic N) is 1. The molecule has 0 aromatic heterocycles. The summed E-state index contributed by atoms with van der Waals surface area (Å²) in [6, 6.07) is 6.14. The molecular weight excluding hydrogens is 438 g/mol. The number of carbonyl (C=O) groups excluding carboxylic acids is 3. The third kappa shape index (κ3) is 3.94. The summed E-state index contributed by atoms with van der Waals surface area (Å²) in [5.74, 6) is -1.40. The summed E-state index contributed by atoms with van der Waals surface area (Å²) in [7, 11) is 1.57. The van der Waals surface area contributed by atoms with E-state index in [0.717, 1.165) is 6.42 Å². The van der Waals surface area contributed by atoms with Crippen LogP contribution in [0.25, 0.3) is 0 Å². The largest absolute Gasteiger partial charge is 0.497 e. The van der Waals surface area contributed by atoms with Crippen molar-refractivity contribution in [2.24, 2.45) is 11.8 Å². The number of anilines is 1. The van der Waals surface area contributed by atoms with Crippen molar-refractivity contribution >= 4 is 23.4 Å². The van der Waals surface area contributed by atoms with Crippen molar-refractivity contribution in [1.82, 2.24) is 10.2 Å². The van der Waals surface area contributed by atoms with Crippen LogP contribution in [-0.2, 0) is 19.1 Å². The van der Waals surface area contributed by atoms with Gasteiger partial charge in [0, 0.05) is 25.4 Å². The molecule has 34 heavy (non-hydrogen) atoms. The van der Waals surface area contributed by atoms with Crippen LogP contribution in [0.3, 0.4) is 0 Å². The van der Waals surface area contributed by atoms with Crippen molar-refractivity contribution in [3.63, 3.8) is 0 Å². The number of amides is 3. The van der Waals surface area contributed by atoms with Gasteiger partial charge >= 0.3 is 0 Å². The topological polar surface area (TPSA) is 117 Å². The third-order valence-corrected chi connectivity index (χ3v) is 7.52. The first-order valence-corrected chi connectivity index (χ1v) is 12.2. The van der Waals surface area contributed by atoms with Gasteiger partial charge in [-0.2, -0.15) is 0 Å². The van der Waals surface area contributed by atoms with E-state index >= 15 is 0 Å². The van der Waals surface area contributed by atoms with Gasteiger partial charge in [-0.25, -0.2) is 0 Å². The minimum atomic E-state index is -1.05. The number of ether oxygens (including phenoxy) is 2. The Morgan fingerprint density at radius 3 is 2.59 bits per heavy atom. The van der Waals surface area contributed by atoms with Crippen LogP contribution in [0, 0.1) is 11.8 Å². The molecule has 3 amide bonds. The minimum Gasteiger partial charge on any atom is -0.497 e. The normalized spacial score (nSPS) is 31.5. The SMILES string of the molecule is CCCNC(=O)[C@H]1[C@H]2C(=O)N(CCCCO)C(C(=O)Nc3ccc(OC)cc3)C23CC[C@]1(C)O3. The van der Waals surface area contributed by atoms with E-state index in [1.165, 1.54) is 0 Å². The number of aliphatic hydroxyl groups excluding tert-OH is 1. The zero-order chi connectivity index (χ0) is 24.5. The van der Waals surface area contributed by atoms with E-state index in [1.807, 2.05) is 13.8 Å². The summed E-state index contributed by atoms with van der Waals surface area (Å²) in [6.45, 7) is 4.72. The van der Waals surface area contributed by atoms with Gasteiger partial charge in [0.1, 0.15) is 17.4 Å². The average molecular weight is 474 g/mol. The predicted octanol–water partition coefficient (Wildman–Crippen LogP) is 1.70. The van der Waals surface area contributed by atoms with Crippen molar-refractivity contribution in [3.8, 4) is 5.75 Å². The number of unbranched alkanes of at least 4 members (excludes halogenated alkanes) is 1. The Bertz CT molecular complexity index is 937. The van der Waals surface area contributed by atoms with Crippen molar-refractivity contribution in [1.29, 1.82) is 0 Å². The number of fused-ring (bicyclic) bond motifs is 1. The molecule has 3 N–H and O–H groups in total. The number of likely N-dealkylation sites (tertiary alicyclic amines) is 1. The van der Waals surface area contributed by atoms with Crippen molar-refractivity contribution in [2.75, 3.05) is 32.1 Å². The molecule has 9 heteroatoms. The molecule has 3 aliphatic heterocycles. The second-order valence-electron chi connectivity index (χ2n) is 9.70. The zero-order valence-corrected chi connectivity index (χ0v) is 20.1. The average Bonchev–Trinajstić information content (AvgIpc) is 3.39. The summed E-state index contributed by atoms with van der Waals surface area (Å²) in [5, 5.41) is 15.1. The Morgan fingerprint density at radius 1 is 1.21 bits per heavy atom. The summed E-state index contributed by atoms with van der Waals surface area (Å²) in [6.07, 6.45) is 3.01. The highest BCUT2D eigenvalue weighted by Crippen LogP contribution is 2.63. The first-order valence-electron chi connectivity index (χ1n) is 12.2. The Kier molecular flexibility index (Phi) is 6.87. The Labute approximate surface area is 200 Å². The molecule has 1 aromatic rings. The van der Waals surface area contributed by atoms with Crippen LogP contribution in [0.2, 0.25) is 0 Å². The maximum absolute atomic E-state index is 13.8. The lowest BCUT2D eigenvalue weighted by Crippen LogP contribution is -2.53. The number of carbonyl (C=O) groups is 3. The number of rotatable bonds is 10. The standard InChI is InChI=1S/C25H35N3O6/c1-4-13-26-21(30)18-19-23(32)28(14-5-6-15-29)20(25(19)12-11-24(18,2)34-25)22(31)27-16-7-9-17(33-3)10-8-16/h7-10,18-20,29H,4-6,11-15H2,1-3H3,(H,26,30)(H,27,31)/t18-,19+,20?,24+,25?/m1/s1. The van der Waals surface area contributed by atoms with Crippen molar-refractivity contribution in [2.45, 2.75) is 63.2 Å². The quantitative estimate of drug-likeness (QED) is 0.445. The van der Waals surface area contributed by atoms with Crippen LogP contribution >= 0.6 is 0 Å². The van der Waals surface area contributed by atoms with Crippen LogP contribution in [0.4, 0.5) is 5.69 Å². The van der Waals surface area contributed by atoms with Gasteiger partial charge < -0.3 is 30.1 Å². The molecule has 1 spiro atoms. The molecule has 3 fully saturated rings. The van der Waals surface area contributed by atoms with E-state index in [1.54, 1.807) is 36.3 Å². The second kappa shape index (κ2) is 9.54. The summed E-state index contributed by atoms with van der Waals surface area (Å²) < 4.78 is 11.7. The van der Waals surface area contributed by atoms with Crippen LogP contribution in [-0.4, -0.2) is 71.8 Å². The number of methoxy groups -OCH3 is 1. The molecule has 186 valence electrons. The number of benzene rings is 1. The first kappa shape index (κ1) is 24.5. The first-order chi connectivity index (χ1) is 16.3. The fourth-order valence-electron chi connectivity index (χ4n) is 6.00. The Morgan fingerprint density at radius 2 is 1.94 bits per heavy atom. The second-order valence-corrected chi connectivity index (χ2v) is 9.70. The Balaban J connectivity index is 1.66. The van der Waals surface area contributed by atoms with Crippen LogP contribution in [0.1, 0.15) is 46.0 Å². The molecule has 2 unspecified atom stereocenters. The maximum Gasteiger partial charge on any atom is 0.250 e. The van der Waals surface area contributed by atoms with E-state index in [2.05, 4.69) is 10.6 Å². The highest BCUT2D eigenvalue weighted by atomic mass is 16.5. The van der Waals surface area contributed by atoms with Crippen molar-refractivity contribution in [3.05, 3.63) is 24.3 Å². The molecular formula is C25H35N3O6. The predicted molar refractivity (Wildman–Crippen MR) is 125 cm³/mol. The monoisotopic (exact) mass is 473 g/mol. The van der Waals surface area contributed by atoms with E-state index < -0.39 is 29.1 Å². The highest BCUT2D eigenvalue weighted by Gasteiger charge is 2.77. The molecule has 3 heterocycles. The maximum atomic E-state index is 13.8. The van der Waals surface area contributed by atoms with Gasteiger partial charge in [0.05, 0.1) is 24.5 Å². The number of aliphatic hydroxyl groups is 1. The molecule has 2 bridgehead atoms. The van der Waals surface area contributed by atoms with Crippen LogP contribution < -0.4 is 15.4 Å². The molecule has 5 atom stereocenters. The van der Waals surface area contributed by atoms with E-state index in [0.29, 0.717) is 50.2 Å². The summed E-state index contributed by atoms with van der Waals surface area (Å²) in [5.41, 5.74) is -1.24. The number of hydrogen-bond acceptors (Lipinski definition) is 6. The molecule has 0 aliphatic carbocycles. The number of hydrogen-bond donors (Lipinski definition) is 3. The van der Waals surface area contributed by atoms with Crippen LogP contribution in [0.5, 0.6) is 5.75 Å². The summed E-state index contributed by atoms with van der Waals surface area (Å²) in [4.78, 5) is 42.2. The lowest BCUT2D eigenvalue weighted by atomic mass is 9.66. The van der Waals surface area contributed by atoms with E-state index in [4.69, 9.17) is 9.47 Å². The van der Waals surface area contributed by atoms with Gasteiger partial charge in [-0.05, 0) is 63.3 Å². The highest BCUT2D eigenvalue weighted by molar-refractivity contribution is 6.03. The molecule has 3 aliphatic rings. The summed E-state index contributed by atoms with van der Waals surface area (Å²) >= 11 is 0. The van der Waals surface area contributed by atoms with E-state index in [9.17, 15) is 19.5 Å². The molecule has 0 saturated carbocycles. The van der Waals surface area contributed by atoms with Gasteiger partial charge in [-0.1, -0.05) is 6.92 Å². The van der Waals surface area contributed by atoms with Gasteiger partial charge in [0.2, 0.25) is 17.7 Å². The molecule has 4 rings (SSSR count). The fraction of sp³-hybridized carbons (Fsp3) is 0.640. The third-order valence-electron chi connectivity index (χ3n) is 7.52. The van der Waals surface area contributed by atoms with Gasteiger partial charge in [-0.3, -0.25) is 14.4 Å². The zero-order valence-electron chi connectivity index (χ0n) is 20.1. The lowest BCUT2D eigenvalue weighted by molar-refractivity contribution is -0.144. The van der Waals surface area contributed by atoms with Crippen LogP contribution in [0.15, 0.2) is 24.3 Å². The molecule has 1 aromatic carbocycles. The van der Waals surface area contributed by atoms with Crippen molar-refractivity contribution < 1.29 is 29.0 Å². The molecule has 9 nitrogen and oxygen atoms in total.